The quantitative estimate of drug-likeness (QED) is 0.135. The van der Waals surface area contributed by atoms with Crippen molar-refractivity contribution in [1.29, 1.82) is 0 Å². The molecule has 2 aromatic carbocycles. The molecule has 2 aromatic rings. The molecule has 0 heterocycles. The first-order chi connectivity index (χ1) is 11.1. The molecule has 0 aliphatic carbocycles. The summed E-state index contributed by atoms with van der Waals surface area (Å²) in [6.45, 7) is 4.10. The Hall–Kier alpha value is -1.45. The van der Waals surface area contributed by atoms with E-state index in [1.54, 1.807) is 0 Å². The molecule has 0 bridgehead atoms. The van der Waals surface area contributed by atoms with Crippen LogP contribution in [-0.4, -0.2) is 41.4 Å². The summed E-state index contributed by atoms with van der Waals surface area (Å²) in [6.07, 6.45) is 1.14. The van der Waals surface area contributed by atoms with Gasteiger partial charge in [0.2, 0.25) is 0 Å². The van der Waals surface area contributed by atoms with E-state index >= 15 is 0 Å². The number of nitrogens with two attached hydrogens (primary N) is 2. The number of nitrogens with one attached hydrogen (secondary N) is 1. The molecule has 0 atom stereocenters. The number of nitrogens with zero attached hydrogens (tertiary/aromatic N) is 2. The van der Waals surface area contributed by atoms with Crippen molar-refractivity contribution >= 4 is 31.9 Å². The summed E-state index contributed by atoms with van der Waals surface area (Å²) in [7, 11) is 0. The van der Waals surface area contributed by atoms with Gasteiger partial charge in [-0.15, -0.1) is 0 Å². The van der Waals surface area contributed by atoms with Crippen molar-refractivity contribution in [3.05, 3.63) is 59.7 Å². The van der Waals surface area contributed by atoms with E-state index in [9.17, 15) is 0 Å². The van der Waals surface area contributed by atoms with Crippen LogP contribution in [0.3, 0.4) is 0 Å². The van der Waals surface area contributed by atoms with Gasteiger partial charge in [-0.25, -0.2) is 0 Å². The summed E-state index contributed by atoms with van der Waals surface area (Å²) >= 11 is 0.417. The molecule has 0 amide bonds. The Morgan fingerprint density at radius 3 is 2.52 bits per heavy atom. The topological polar surface area (TPSA) is 79.7 Å². The van der Waals surface area contributed by atoms with Crippen molar-refractivity contribution in [3.8, 4) is 11.1 Å². The zero-order chi connectivity index (χ0) is 16.7. The van der Waals surface area contributed by atoms with Gasteiger partial charge >= 0.3 is 141 Å². The van der Waals surface area contributed by atoms with Crippen molar-refractivity contribution in [2.24, 2.45) is 16.7 Å². The van der Waals surface area contributed by atoms with Gasteiger partial charge in [0.1, 0.15) is 0 Å². The van der Waals surface area contributed by atoms with Gasteiger partial charge in [0.15, 0.2) is 0 Å². The Balaban J connectivity index is 2.25. The Labute approximate surface area is 153 Å². The van der Waals surface area contributed by atoms with E-state index in [4.69, 9.17) is 11.6 Å². The fourth-order valence-electron chi connectivity index (χ4n) is 2.35. The molecule has 0 fully saturated rings. The molecule has 0 spiro atoms. The van der Waals surface area contributed by atoms with Crippen LogP contribution in [0.5, 0.6) is 0 Å². The van der Waals surface area contributed by atoms with Crippen molar-refractivity contribution < 1.29 is 0 Å². The van der Waals surface area contributed by atoms with Gasteiger partial charge < -0.3 is 0 Å². The number of hydrogen-bond acceptors (Lipinski definition) is 4. The third kappa shape index (κ3) is 5.29. The summed E-state index contributed by atoms with van der Waals surface area (Å²) in [5.41, 5.74) is 10.5. The average Bonchev–Trinajstić information content (AvgIpc) is 2.55. The second-order valence-corrected chi connectivity index (χ2v) is 7.34. The minimum absolute atomic E-state index is 0.417. The second-order valence-electron chi connectivity index (χ2n) is 5.28. The first kappa shape index (κ1) is 17.9. The molecule has 0 aromatic heterocycles. The van der Waals surface area contributed by atoms with Crippen molar-refractivity contribution in [3.63, 3.8) is 0 Å². The van der Waals surface area contributed by atoms with E-state index in [0.29, 0.717) is 31.9 Å². The van der Waals surface area contributed by atoms with Gasteiger partial charge in [-0.3, -0.25) is 0 Å². The summed E-state index contributed by atoms with van der Waals surface area (Å²) in [6, 6.07) is 16.5. The Kier molecular flexibility index (Phi) is 7.00. The van der Waals surface area contributed by atoms with E-state index in [1.807, 2.05) is 18.2 Å². The molecule has 5 nitrogen and oxygen atoms in total. The van der Waals surface area contributed by atoms with E-state index in [0.717, 1.165) is 36.2 Å². The van der Waals surface area contributed by atoms with Gasteiger partial charge in [0.05, 0.1) is 0 Å². The Morgan fingerprint density at radius 2 is 1.87 bits per heavy atom. The number of hydrogen-bond donors (Lipinski definition) is 3. The van der Waals surface area contributed by atoms with Gasteiger partial charge in [-0.1, -0.05) is 6.92 Å². The third-order valence-corrected chi connectivity index (χ3v) is 3.90. The van der Waals surface area contributed by atoms with E-state index < -0.39 is 0 Å². The van der Waals surface area contributed by atoms with Gasteiger partial charge in [0, 0.05) is 0 Å². The number of hydrazone groups is 1. The second kappa shape index (κ2) is 9.00. The number of benzene rings is 2. The van der Waals surface area contributed by atoms with Crippen LogP contribution in [0.25, 0.3) is 11.1 Å². The van der Waals surface area contributed by atoms with Crippen LogP contribution in [0.2, 0.25) is 0 Å². The van der Waals surface area contributed by atoms with Crippen LogP contribution in [0.15, 0.2) is 53.6 Å². The average molecular weight is 501 g/mol. The predicted octanol–water partition coefficient (Wildman–Crippen LogP) is 1.73. The molecule has 5 N–H and O–H groups in total. The maximum absolute atomic E-state index is 6.09. The normalized spacial score (nSPS) is 11.4. The fourth-order valence-corrected chi connectivity index (χ4v) is 2.83. The number of hydrazine groups is 1. The zero-order valence-corrected chi connectivity index (χ0v) is 17.9. The SMILES string of the molecule is CCCNCc1ccc(-c2ccccc2/C(N)=N/[N](N)[Tl])cc1. The standard InChI is InChI=1S/C17H22N5.Tl/c1-2-11-20-12-13-7-9-14(10-8-13)15-5-3-4-6-16(15)17(18)21-22-19;/h3-10,20H,2,11-12,19H2,1H3,(H2,18,21);/q-1;+1. The van der Waals surface area contributed by atoms with E-state index in [1.165, 1.54) is 8.49 Å². The van der Waals surface area contributed by atoms with Crippen LogP contribution in [-0.2, 0) is 6.54 Å². The summed E-state index contributed by atoms with van der Waals surface area (Å²) in [4.78, 5) is 0. The molecule has 23 heavy (non-hydrogen) atoms. The molecule has 2 rings (SSSR count). The van der Waals surface area contributed by atoms with Crippen LogP contribution in [0.1, 0.15) is 24.5 Å². The molecule has 0 unspecified atom stereocenters. The maximum atomic E-state index is 6.09. The van der Waals surface area contributed by atoms with Gasteiger partial charge in [-0.2, -0.15) is 0 Å². The molecular weight excluding hydrogens is 479 g/mol. The number of rotatable bonds is 7. The Morgan fingerprint density at radius 1 is 1.17 bits per heavy atom. The van der Waals surface area contributed by atoms with Gasteiger partial charge in [-0.05, 0) is 6.42 Å². The fraction of sp³-hybridized carbons (Fsp3) is 0.235. The van der Waals surface area contributed by atoms with Crippen LogP contribution >= 0.6 is 0 Å². The van der Waals surface area contributed by atoms with Crippen molar-refractivity contribution in [1.82, 2.24) is 8.24 Å². The molecule has 0 aliphatic rings. The van der Waals surface area contributed by atoms with E-state index in [2.05, 4.69) is 47.7 Å². The molecular formula is C17H22N5Tl. The Bertz CT molecular complexity index is 652. The van der Waals surface area contributed by atoms with Crippen molar-refractivity contribution in [2.45, 2.75) is 19.9 Å². The molecule has 0 saturated carbocycles. The molecule has 118 valence electrons. The molecule has 6 heteroatoms. The van der Waals surface area contributed by atoms with E-state index in [-0.39, 0.29) is 0 Å². The van der Waals surface area contributed by atoms with Crippen LogP contribution < -0.4 is 16.9 Å². The van der Waals surface area contributed by atoms with Crippen molar-refractivity contribution in [2.75, 3.05) is 6.54 Å². The van der Waals surface area contributed by atoms with Crippen LogP contribution in [0, 0.1) is 0 Å². The molecule has 0 radical (unpaired) electrons. The first-order valence-corrected chi connectivity index (χ1v) is 9.65. The first-order valence-electron chi connectivity index (χ1n) is 7.65. The summed E-state index contributed by atoms with van der Waals surface area (Å²) in [5.74, 6) is 6.07. The summed E-state index contributed by atoms with van der Waals surface area (Å²) < 4.78 is 1.38. The monoisotopic (exact) mass is 501 g/mol. The summed E-state index contributed by atoms with van der Waals surface area (Å²) in [5, 5.41) is 7.58. The predicted molar refractivity (Wildman–Crippen MR) is 96.4 cm³/mol. The molecule has 0 saturated heterocycles. The molecule has 0 aliphatic heterocycles. The minimum atomic E-state index is 0.417. The zero-order valence-electron chi connectivity index (χ0n) is 13.4. The third-order valence-electron chi connectivity index (χ3n) is 3.45. The van der Waals surface area contributed by atoms with Gasteiger partial charge in [0.25, 0.3) is 0 Å². The number of amidine groups is 1. The van der Waals surface area contributed by atoms with Crippen LogP contribution in [0.4, 0.5) is 0 Å².